The summed E-state index contributed by atoms with van der Waals surface area (Å²) >= 11 is 10.8. The van der Waals surface area contributed by atoms with Crippen LogP contribution in [0.3, 0.4) is 0 Å². The van der Waals surface area contributed by atoms with Gasteiger partial charge in [0.15, 0.2) is 0 Å². The lowest BCUT2D eigenvalue weighted by Gasteiger charge is -2.15. The molecule has 0 aliphatic rings. The number of hydrogen-bond acceptors (Lipinski definition) is 3. The number of halogens is 3. The van der Waals surface area contributed by atoms with E-state index in [2.05, 4.69) is 21.4 Å². The van der Waals surface area contributed by atoms with Crippen LogP contribution < -0.4 is 11.3 Å². The Morgan fingerprint density at radius 1 is 1.44 bits per heavy atom. The predicted octanol–water partition coefficient (Wildman–Crippen LogP) is 4.05. The van der Waals surface area contributed by atoms with E-state index >= 15 is 0 Å². The van der Waals surface area contributed by atoms with Gasteiger partial charge in [-0.15, -0.1) is 11.3 Å². The van der Waals surface area contributed by atoms with E-state index in [-0.39, 0.29) is 11.9 Å². The summed E-state index contributed by atoms with van der Waals surface area (Å²) < 4.78 is 14.5. The van der Waals surface area contributed by atoms with Crippen molar-refractivity contribution in [3.63, 3.8) is 0 Å². The second-order valence-electron chi connectivity index (χ2n) is 3.79. The highest BCUT2D eigenvalue weighted by molar-refractivity contribution is 9.10. The van der Waals surface area contributed by atoms with Gasteiger partial charge in [0.1, 0.15) is 5.82 Å². The van der Waals surface area contributed by atoms with Crippen LogP contribution in [0.5, 0.6) is 0 Å². The Balaban J connectivity index is 2.23. The average Bonchev–Trinajstić information content (AvgIpc) is 2.75. The molecular weight excluding hydrogens is 339 g/mol. The third kappa shape index (κ3) is 3.10. The van der Waals surface area contributed by atoms with Crippen LogP contribution in [-0.2, 0) is 6.42 Å². The molecule has 0 amide bonds. The Morgan fingerprint density at radius 2 is 2.22 bits per heavy atom. The van der Waals surface area contributed by atoms with Crippen LogP contribution in [0.1, 0.15) is 16.5 Å². The smallest absolute Gasteiger partial charge is 0.127 e. The number of nitrogens with two attached hydrogens (primary N) is 1. The van der Waals surface area contributed by atoms with E-state index in [9.17, 15) is 4.39 Å². The molecule has 1 atom stereocenters. The fraction of sp³-hybridized carbons (Fsp3) is 0.167. The van der Waals surface area contributed by atoms with Crippen molar-refractivity contribution in [2.45, 2.75) is 12.5 Å². The Morgan fingerprint density at radius 3 is 2.78 bits per heavy atom. The van der Waals surface area contributed by atoms with Gasteiger partial charge in [-0.3, -0.25) is 11.3 Å². The molecule has 0 aliphatic heterocycles. The number of rotatable bonds is 4. The van der Waals surface area contributed by atoms with Crippen molar-refractivity contribution in [2.75, 3.05) is 0 Å². The first-order valence-electron chi connectivity index (χ1n) is 5.24. The summed E-state index contributed by atoms with van der Waals surface area (Å²) in [4.78, 5) is 0.918. The first-order valence-corrected chi connectivity index (χ1v) is 7.30. The quantitative estimate of drug-likeness (QED) is 0.645. The third-order valence-corrected chi connectivity index (χ3v) is 4.57. The number of hydrogen-bond donors (Lipinski definition) is 2. The second kappa shape index (κ2) is 6.12. The molecule has 96 valence electrons. The fourth-order valence-corrected chi connectivity index (χ4v) is 3.27. The van der Waals surface area contributed by atoms with Crippen LogP contribution in [0.2, 0.25) is 5.02 Å². The van der Waals surface area contributed by atoms with Crippen LogP contribution >= 0.6 is 38.9 Å². The van der Waals surface area contributed by atoms with Gasteiger partial charge in [0.05, 0.1) is 11.1 Å². The van der Waals surface area contributed by atoms with Crippen molar-refractivity contribution in [1.82, 2.24) is 5.43 Å². The number of thiophene rings is 1. The van der Waals surface area contributed by atoms with Crippen LogP contribution in [0.4, 0.5) is 4.39 Å². The molecule has 0 aliphatic carbocycles. The topological polar surface area (TPSA) is 38.0 Å². The zero-order chi connectivity index (χ0) is 13.1. The number of hydrazine groups is 1. The molecule has 3 N–H and O–H groups in total. The minimum Gasteiger partial charge on any atom is -0.271 e. The highest BCUT2D eigenvalue weighted by Gasteiger charge is 2.17. The third-order valence-electron chi connectivity index (χ3n) is 2.60. The van der Waals surface area contributed by atoms with Gasteiger partial charge in [-0.2, -0.15) is 0 Å². The molecule has 0 spiro atoms. The summed E-state index contributed by atoms with van der Waals surface area (Å²) in [6.45, 7) is 0. The summed E-state index contributed by atoms with van der Waals surface area (Å²) in [5, 5.41) is 2.54. The molecule has 0 fully saturated rings. The van der Waals surface area contributed by atoms with E-state index in [0.29, 0.717) is 17.0 Å². The summed E-state index contributed by atoms with van der Waals surface area (Å²) in [5.74, 6) is 5.27. The lowest BCUT2D eigenvalue weighted by atomic mass is 10.0. The molecule has 1 heterocycles. The molecule has 0 saturated carbocycles. The van der Waals surface area contributed by atoms with Gasteiger partial charge < -0.3 is 0 Å². The standard InChI is InChI=1S/C12H11BrClFN2S/c13-8-2-1-7(10(15)6-8)5-11(17-16)12-9(14)3-4-18-12/h1-4,6,11,17H,5,16H2. The highest BCUT2D eigenvalue weighted by atomic mass is 79.9. The molecule has 6 heteroatoms. The van der Waals surface area contributed by atoms with E-state index in [4.69, 9.17) is 17.4 Å². The second-order valence-corrected chi connectivity index (χ2v) is 6.06. The molecule has 0 saturated heterocycles. The molecule has 2 rings (SSSR count). The molecule has 1 unspecified atom stereocenters. The normalized spacial score (nSPS) is 12.7. The van der Waals surface area contributed by atoms with Crippen LogP contribution in [0.15, 0.2) is 34.1 Å². The van der Waals surface area contributed by atoms with E-state index in [1.165, 1.54) is 17.4 Å². The summed E-state index contributed by atoms with van der Waals surface area (Å²) in [7, 11) is 0. The summed E-state index contributed by atoms with van der Waals surface area (Å²) in [5.41, 5.74) is 3.29. The average molecular weight is 350 g/mol. The molecule has 1 aromatic heterocycles. The molecule has 18 heavy (non-hydrogen) atoms. The summed E-state index contributed by atoms with van der Waals surface area (Å²) in [6, 6.07) is 6.61. The number of benzene rings is 1. The van der Waals surface area contributed by atoms with Gasteiger partial charge in [-0.1, -0.05) is 33.6 Å². The van der Waals surface area contributed by atoms with Crippen LogP contribution in [0.25, 0.3) is 0 Å². The van der Waals surface area contributed by atoms with Gasteiger partial charge in [-0.25, -0.2) is 4.39 Å². The van der Waals surface area contributed by atoms with Crippen molar-refractivity contribution in [2.24, 2.45) is 5.84 Å². The first-order chi connectivity index (χ1) is 8.61. The Bertz CT molecular complexity index is 547. The van der Waals surface area contributed by atoms with Crippen molar-refractivity contribution >= 4 is 38.9 Å². The van der Waals surface area contributed by atoms with Crippen molar-refractivity contribution in [3.05, 3.63) is 55.4 Å². The van der Waals surface area contributed by atoms with Gasteiger partial charge in [-0.05, 0) is 35.6 Å². The van der Waals surface area contributed by atoms with Crippen molar-refractivity contribution < 1.29 is 4.39 Å². The van der Waals surface area contributed by atoms with E-state index < -0.39 is 0 Å². The van der Waals surface area contributed by atoms with Gasteiger partial charge >= 0.3 is 0 Å². The SMILES string of the molecule is NNC(Cc1ccc(Br)cc1F)c1sccc1Cl. The highest BCUT2D eigenvalue weighted by Crippen LogP contribution is 2.31. The van der Waals surface area contributed by atoms with Crippen LogP contribution in [-0.4, -0.2) is 0 Å². The molecule has 2 nitrogen and oxygen atoms in total. The number of nitrogens with one attached hydrogen (secondary N) is 1. The summed E-state index contributed by atoms with van der Waals surface area (Å²) in [6.07, 6.45) is 0.454. The molecule has 1 aromatic carbocycles. The van der Waals surface area contributed by atoms with Crippen molar-refractivity contribution in [1.29, 1.82) is 0 Å². The van der Waals surface area contributed by atoms with Crippen molar-refractivity contribution in [3.8, 4) is 0 Å². The maximum absolute atomic E-state index is 13.8. The zero-order valence-electron chi connectivity index (χ0n) is 9.29. The van der Waals surface area contributed by atoms with Gasteiger partial charge in [0.25, 0.3) is 0 Å². The molecular formula is C12H11BrClFN2S. The fourth-order valence-electron chi connectivity index (χ4n) is 1.69. The molecule has 0 bridgehead atoms. The van der Waals surface area contributed by atoms with Gasteiger partial charge in [0, 0.05) is 9.35 Å². The monoisotopic (exact) mass is 348 g/mol. The van der Waals surface area contributed by atoms with E-state index in [1.54, 1.807) is 6.07 Å². The predicted molar refractivity (Wildman–Crippen MR) is 77.2 cm³/mol. The van der Waals surface area contributed by atoms with E-state index in [1.807, 2.05) is 17.5 Å². The molecule has 0 radical (unpaired) electrons. The lowest BCUT2D eigenvalue weighted by molar-refractivity contribution is 0.535. The van der Waals surface area contributed by atoms with E-state index in [0.717, 1.165) is 9.35 Å². The maximum atomic E-state index is 13.8. The Labute approximate surface area is 122 Å². The Kier molecular flexibility index (Phi) is 4.75. The largest absolute Gasteiger partial charge is 0.271 e. The first kappa shape index (κ1) is 14.0. The van der Waals surface area contributed by atoms with Crippen LogP contribution in [0, 0.1) is 5.82 Å². The molecule has 2 aromatic rings. The van der Waals surface area contributed by atoms with Gasteiger partial charge in [0.2, 0.25) is 0 Å². The minimum atomic E-state index is -0.252. The zero-order valence-corrected chi connectivity index (χ0v) is 12.4. The Hall–Kier alpha value is -0.460. The minimum absolute atomic E-state index is 0.187. The lowest BCUT2D eigenvalue weighted by Crippen LogP contribution is -2.29. The maximum Gasteiger partial charge on any atom is 0.127 e.